The van der Waals surface area contributed by atoms with Crippen LogP contribution in [0.3, 0.4) is 0 Å². The van der Waals surface area contributed by atoms with Crippen LogP contribution in [0.1, 0.15) is 18.9 Å². The molecule has 0 spiro atoms. The predicted molar refractivity (Wildman–Crippen MR) is 55.0 cm³/mol. The van der Waals surface area contributed by atoms with Crippen LogP contribution in [0.4, 0.5) is 0 Å². The highest BCUT2D eigenvalue weighted by molar-refractivity contribution is 7.07. The minimum absolute atomic E-state index is 0.138. The summed E-state index contributed by atoms with van der Waals surface area (Å²) in [7, 11) is 0. The molecule has 1 aliphatic rings. The highest BCUT2D eigenvalue weighted by Gasteiger charge is 2.37. The fourth-order valence-corrected chi connectivity index (χ4v) is 2.47. The highest BCUT2D eigenvalue weighted by Crippen LogP contribution is 2.27. The number of hydrogen-bond donors (Lipinski definition) is 1. The molecule has 13 heavy (non-hydrogen) atoms. The topological polar surface area (TPSA) is 35.2 Å². The van der Waals surface area contributed by atoms with Gasteiger partial charge in [-0.15, -0.1) is 0 Å². The summed E-state index contributed by atoms with van der Waals surface area (Å²) in [5.74, 6) is 0. The van der Waals surface area contributed by atoms with Crippen LogP contribution in [0.2, 0.25) is 0 Å². The number of rotatable bonds is 2. The molecule has 0 aromatic carbocycles. The molecule has 2 nitrogen and oxygen atoms in total. The Balaban J connectivity index is 2.08. The number of ether oxygens (including phenoxy) is 1. The first kappa shape index (κ1) is 9.19. The fraction of sp³-hybridized carbons (Fsp3) is 0.600. The van der Waals surface area contributed by atoms with Crippen LogP contribution in [0.5, 0.6) is 0 Å². The van der Waals surface area contributed by atoms with Crippen LogP contribution in [0.25, 0.3) is 0 Å². The molecule has 0 saturated carbocycles. The minimum atomic E-state index is -0.138. The molecule has 1 fully saturated rings. The van der Waals surface area contributed by atoms with Gasteiger partial charge in [-0.2, -0.15) is 11.3 Å². The Morgan fingerprint density at radius 2 is 2.62 bits per heavy atom. The Morgan fingerprint density at radius 3 is 3.15 bits per heavy atom. The lowest BCUT2D eigenvalue weighted by molar-refractivity contribution is 0.0955. The van der Waals surface area contributed by atoms with E-state index >= 15 is 0 Å². The van der Waals surface area contributed by atoms with E-state index in [2.05, 4.69) is 23.8 Å². The SMILES string of the molecule is CC1OCCC1(N)Cc1ccsc1. The Bertz CT molecular complexity index is 272. The lowest BCUT2D eigenvalue weighted by Crippen LogP contribution is -2.47. The maximum Gasteiger partial charge on any atom is 0.0730 e. The van der Waals surface area contributed by atoms with E-state index in [-0.39, 0.29) is 11.6 Å². The number of thiophene rings is 1. The summed E-state index contributed by atoms with van der Waals surface area (Å²) in [5.41, 5.74) is 7.47. The highest BCUT2D eigenvalue weighted by atomic mass is 32.1. The average molecular weight is 197 g/mol. The third kappa shape index (κ3) is 1.77. The van der Waals surface area contributed by atoms with Crippen LogP contribution < -0.4 is 5.73 Å². The van der Waals surface area contributed by atoms with Crippen molar-refractivity contribution in [3.05, 3.63) is 22.4 Å². The van der Waals surface area contributed by atoms with Crippen molar-refractivity contribution in [1.29, 1.82) is 0 Å². The lowest BCUT2D eigenvalue weighted by Gasteiger charge is -2.26. The van der Waals surface area contributed by atoms with Crippen molar-refractivity contribution >= 4 is 11.3 Å². The average Bonchev–Trinajstić information content (AvgIpc) is 2.65. The number of hydrogen-bond acceptors (Lipinski definition) is 3. The molecule has 2 N–H and O–H groups in total. The Hall–Kier alpha value is -0.380. The second kappa shape index (κ2) is 3.40. The summed E-state index contributed by atoms with van der Waals surface area (Å²) in [6.07, 6.45) is 2.11. The summed E-state index contributed by atoms with van der Waals surface area (Å²) in [6, 6.07) is 2.14. The van der Waals surface area contributed by atoms with Crippen molar-refractivity contribution in [1.82, 2.24) is 0 Å². The first-order valence-corrected chi connectivity index (χ1v) is 5.56. The third-order valence-electron chi connectivity index (χ3n) is 2.86. The molecule has 2 atom stereocenters. The van der Waals surface area contributed by atoms with Gasteiger partial charge in [0.25, 0.3) is 0 Å². The van der Waals surface area contributed by atoms with E-state index in [1.807, 2.05) is 0 Å². The molecule has 72 valence electrons. The van der Waals surface area contributed by atoms with E-state index in [0.29, 0.717) is 0 Å². The lowest BCUT2D eigenvalue weighted by atomic mass is 9.87. The van der Waals surface area contributed by atoms with Crippen molar-refractivity contribution in [3.8, 4) is 0 Å². The maximum absolute atomic E-state index is 6.27. The van der Waals surface area contributed by atoms with Crippen LogP contribution in [-0.2, 0) is 11.2 Å². The van der Waals surface area contributed by atoms with Gasteiger partial charge >= 0.3 is 0 Å². The summed E-state index contributed by atoms with van der Waals surface area (Å²) in [5, 5.41) is 4.26. The minimum Gasteiger partial charge on any atom is -0.377 e. The smallest absolute Gasteiger partial charge is 0.0730 e. The maximum atomic E-state index is 6.27. The van der Waals surface area contributed by atoms with E-state index in [1.54, 1.807) is 11.3 Å². The van der Waals surface area contributed by atoms with Crippen molar-refractivity contribution in [3.63, 3.8) is 0 Å². The van der Waals surface area contributed by atoms with E-state index in [1.165, 1.54) is 5.56 Å². The van der Waals surface area contributed by atoms with Gasteiger partial charge in [0, 0.05) is 12.1 Å². The van der Waals surface area contributed by atoms with Crippen LogP contribution >= 0.6 is 11.3 Å². The molecule has 1 aromatic heterocycles. The van der Waals surface area contributed by atoms with Crippen LogP contribution in [-0.4, -0.2) is 18.2 Å². The first-order valence-electron chi connectivity index (χ1n) is 4.62. The Kier molecular flexibility index (Phi) is 2.41. The zero-order chi connectivity index (χ0) is 9.31. The van der Waals surface area contributed by atoms with Gasteiger partial charge in [0.15, 0.2) is 0 Å². The molecule has 0 amide bonds. The fourth-order valence-electron chi connectivity index (χ4n) is 1.80. The summed E-state index contributed by atoms with van der Waals surface area (Å²) in [4.78, 5) is 0. The van der Waals surface area contributed by atoms with E-state index < -0.39 is 0 Å². The second-order valence-corrected chi connectivity index (χ2v) is 4.58. The normalized spacial score (nSPS) is 33.8. The molecule has 3 heteroatoms. The molecule has 0 aliphatic carbocycles. The van der Waals surface area contributed by atoms with E-state index in [4.69, 9.17) is 10.5 Å². The van der Waals surface area contributed by atoms with Gasteiger partial charge in [0.1, 0.15) is 0 Å². The van der Waals surface area contributed by atoms with Gasteiger partial charge in [0.2, 0.25) is 0 Å². The van der Waals surface area contributed by atoms with Crippen LogP contribution in [0.15, 0.2) is 16.8 Å². The molecule has 2 rings (SSSR count). The standard InChI is InChI=1S/C10H15NOS/c1-8-10(11,3-4-12-8)6-9-2-5-13-7-9/h2,5,7-8H,3-4,6,11H2,1H3. The monoisotopic (exact) mass is 197 g/mol. The van der Waals surface area contributed by atoms with Gasteiger partial charge in [-0.3, -0.25) is 0 Å². The van der Waals surface area contributed by atoms with Crippen LogP contribution in [0, 0.1) is 0 Å². The Morgan fingerprint density at radius 1 is 1.77 bits per heavy atom. The zero-order valence-electron chi connectivity index (χ0n) is 7.82. The van der Waals surface area contributed by atoms with Crippen molar-refractivity contribution in [2.75, 3.05) is 6.61 Å². The molecule has 1 aliphatic heterocycles. The van der Waals surface area contributed by atoms with Gasteiger partial charge in [-0.25, -0.2) is 0 Å². The zero-order valence-corrected chi connectivity index (χ0v) is 8.64. The van der Waals surface area contributed by atoms with Gasteiger partial charge in [-0.1, -0.05) is 0 Å². The van der Waals surface area contributed by atoms with Crippen molar-refractivity contribution in [2.45, 2.75) is 31.4 Å². The second-order valence-electron chi connectivity index (χ2n) is 3.80. The molecule has 1 aromatic rings. The molecule has 2 unspecified atom stereocenters. The molecular formula is C10H15NOS. The molecule has 1 saturated heterocycles. The predicted octanol–water partition coefficient (Wildman–Crippen LogP) is 1.80. The van der Waals surface area contributed by atoms with Gasteiger partial charge in [-0.05, 0) is 42.2 Å². The molecule has 0 radical (unpaired) electrons. The van der Waals surface area contributed by atoms with E-state index in [0.717, 1.165) is 19.4 Å². The Labute approximate surface area is 82.7 Å². The summed E-state index contributed by atoms with van der Waals surface area (Å²) < 4.78 is 5.50. The molecule has 2 heterocycles. The van der Waals surface area contributed by atoms with Crippen molar-refractivity contribution < 1.29 is 4.74 Å². The molecule has 0 bridgehead atoms. The largest absolute Gasteiger partial charge is 0.377 e. The van der Waals surface area contributed by atoms with E-state index in [9.17, 15) is 0 Å². The summed E-state index contributed by atoms with van der Waals surface area (Å²) in [6.45, 7) is 2.88. The third-order valence-corrected chi connectivity index (χ3v) is 3.59. The summed E-state index contributed by atoms with van der Waals surface area (Å²) >= 11 is 1.73. The van der Waals surface area contributed by atoms with Gasteiger partial charge < -0.3 is 10.5 Å². The quantitative estimate of drug-likeness (QED) is 0.784. The number of nitrogens with two attached hydrogens (primary N) is 1. The van der Waals surface area contributed by atoms with Gasteiger partial charge in [0.05, 0.1) is 6.10 Å². The van der Waals surface area contributed by atoms with Crippen molar-refractivity contribution in [2.24, 2.45) is 5.73 Å². The molecular weight excluding hydrogens is 182 g/mol. The first-order chi connectivity index (χ1) is 6.21.